The second kappa shape index (κ2) is 6.84. The van der Waals surface area contributed by atoms with Crippen LogP contribution in [0.3, 0.4) is 0 Å². The van der Waals surface area contributed by atoms with E-state index in [2.05, 4.69) is 18.7 Å². The minimum atomic E-state index is 0.154. The van der Waals surface area contributed by atoms with Crippen molar-refractivity contribution in [3.05, 3.63) is 28.8 Å². The van der Waals surface area contributed by atoms with E-state index in [4.69, 9.17) is 21.4 Å². The maximum atomic E-state index is 9.05. The van der Waals surface area contributed by atoms with Crippen molar-refractivity contribution in [1.29, 1.82) is 0 Å². The molecule has 17 heavy (non-hydrogen) atoms. The van der Waals surface area contributed by atoms with Crippen molar-refractivity contribution in [3.8, 4) is 5.75 Å². The number of nitrogens with zero attached hydrogens (tertiary/aromatic N) is 1. The molecule has 0 amide bonds. The third-order valence-corrected chi connectivity index (χ3v) is 2.97. The molecule has 1 N–H and O–H groups in total. The molecule has 96 valence electrons. The molecule has 0 saturated heterocycles. The van der Waals surface area contributed by atoms with E-state index < -0.39 is 0 Å². The number of rotatable bonds is 6. The zero-order chi connectivity index (χ0) is 12.8. The molecule has 0 saturated carbocycles. The van der Waals surface area contributed by atoms with E-state index in [1.165, 1.54) is 0 Å². The average molecular weight is 258 g/mol. The minimum absolute atomic E-state index is 0.154. The Morgan fingerprint density at radius 2 is 2.12 bits per heavy atom. The smallest absolute Gasteiger partial charge is 0.123 e. The Morgan fingerprint density at radius 3 is 2.65 bits per heavy atom. The average Bonchev–Trinajstić information content (AvgIpc) is 2.28. The van der Waals surface area contributed by atoms with Gasteiger partial charge in [-0.15, -0.1) is 0 Å². The van der Waals surface area contributed by atoms with Crippen LogP contribution in [-0.4, -0.2) is 36.3 Å². The molecule has 0 atom stereocenters. The molecule has 0 aromatic heterocycles. The molecular formula is C13H20ClNO2. The lowest BCUT2D eigenvalue weighted by molar-refractivity contribution is 0.158. The number of halogens is 1. The number of aliphatic hydroxyl groups excluding tert-OH is 1. The first kappa shape index (κ1) is 14.3. The number of hydrogen-bond acceptors (Lipinski definition) is 3. The highest BCUT2D eigenvalue weighted by atomic mass is 35.5. The summed E-state index contributed by atoms with van der Waals surface area (Å²) in [5.41, 5.74) is 1.04. The van der Waals surface area contributed by atoms with Crippen LogP contribution in [0.5, 0.6) is 5.75 Å². The summed E-state index contributed by atoms with van der Waals surface area (Å²) < 4.78 is 5.31. The summed E-state index contributed by atoms with van der Waals surface area (Å²) in [6.45, 7) is 5.73. The van der Waals surface area contributed by atoms with Crippen molar-refractivity contribution >= 4 is 11.6 Å². The van der Waals surface area contributed by atoms with Crippen molar-refractivity contribution < 1.29 is 9.84 Å². The van der Waals surface area contributed by atoms with Crippen LogP contribution in [-0.2, 0) is 6.54 Å². The van der Waals surface area contributed by atoms with Crippen molar-refractivity contribution in [2.45, 2.75) is 26.4 Å². The van der Waals surface area contributed by atoms with Gasteiger partial charge in [-0.05, 0) is 32.0 Å². The maximum absolute atomic E-state index is 9.05. The van der Waals surface area contributed by atoms with E-state index in [1.54, 1.807) is 7.11 Å². The Hall–Kier alpha value is -0.770. The van der Waals surface area contributed by atoms with Gasteiger partial charge in [-0.1, -0.05) is 11.6 Å². The number of benzene rings is 1. The number of aliphatic hydroxyl groups is 1. The summed E-state index contributed by atoms with van der Waals surface area (Å²) in [6, 6.07) is 5.96. The molecule has 0 aliphatic carbocycles. The first-order valence-corrected chi connectivity index (χ1v) is 6.13. The zero-order valence-electron chi connectivity index (χ0n) is 10.6. The van der Waals surface area contributed by atoms with Crippen LogP contribution in [0.25, 0.3) is 0 Å². The highest BCUT2D eigenvalue weighted by Crippen LogP contribution is 2.24. The topological polar surface area (TPSA) is 32.7 Å². The Morgan fingerprint density at radius 1 is 1.41 bits per heavy atom. The Bertz CT molecular complexity index is 355. The maximum Gasteiger partial charge on any atom is 0.123 e. The summed E-state index contributed by atoms with van der Waals surface area (Å²) >= 11 is 5.99. The van der Waals surface area contributed by atoms with Crippen LogP contribution >= 0.6 is 11.6 Å². The van der Waals surface area contributed by atoms with E-state index in [9.17, 15) is 0 Å². The van der Waals surface area contributed by atoms with Crippen molar-refractivity contribution in [3.63, 3.8) is 0 Å². The molecule has 4 heteroatoms. The van der Waals surface area contributed by atoms with Gasteiger partial charge in [-0.3, -0.25) is 4.90 Å². The van der Waals surface area contributed by atoms with E-state index in [-0.39, 0.29) is 6.61 Å². The van der Waals surface area contributed by atoms with E-state index in [1.807, 2.05) is 18.2 Å². The van der Waals surface area contributed by atoms with Crippen LogP contribution in [0.2, 0.25) is 5.02 Å². The predicted octanol–water partition coefficient (Wildman–Crippen LogP) is 2.55. The van der Waals surface area contributed by atoms with Gasteiger partial charge in [0.05, 0.1) is 13.7 Å². The molecule has 0 heterocycles. The lowest BCUT2D eigenvalue weighted by Gasteiger charge is -2.26. The quantitative estimate of drug-likeness (QED) is 0.850. The van der Waals surface area contributed by atoms with E-state index >= 15 is 0 Å². The van der Waals surface area contributed by atoms with Gasteiger partial charge in [-0.25, -0.2) is 0 Å². The van der Waals surface area contributed by atoms with Crippen molar-refractivity contribution in [2.75, 3.05) is 20.3 Å². The largest absolute Gasteiger partial charge is 0.496 e. The SMILES string of the molecule is COc1ccc(Cl)cc1CN(CCO)C(C)C. The van der Waals surface area contributed by atoms with Crippen LogP contribution < -0.4 is 4.74 Å². The first-order valence-electron chi connectivity index (χ1n) is 5.75. The number of methoxy groups -OCH3 is 1. The molecule has 0 fully saturated rings. The highest BCUT2D eigenvalue weighted by Gasteiger charge is 2.12. The molecule has 0 bridgehead atoms. The zero-order valence-corrected chi connectivity index (χ0v) is 11.4. The van der Waals surface area contributed by atoms with Gasteiger partial charge in [0, 0.05) is 29.7 Å². The fourth-order valence-electron chi connectivity index (χ4n) is 1.74. The highest BCUT2D eigenvalue weighted by molar-refractivity contribution is 6.30. The van der Waals surface area contributed by atoms with Crippen LogP contribution in [0.1, 0.15) is 19.4 Å². The van der Waals surface area contributed by atoms with Gasteiger partial charge in [0.1, 0.15) is 5.75 Å². The molecule has 1 aromatic rings. The van der Waals surface area contributed by atoms with Crippen LogP contribution in [0, 0.1) is 0 Å². The second-order valence-electron chi connectivity index (χ2n) is 4.24. The van der Waals surface area contributed by atoms with Crippen molar-refractivity contribution in [2.24, 2.45) is 0 Å². The Labute approximate surface area is 108 Å². The lowest BCUT2D eigenvalue weighted by Crippen LogP contribution is -2.33. The first-order chi connectivity index (χ1) is 8.08. The van der Waals surface area contributed by atoms with Crippen molar-refractivity contribution in [1.82, 2.24) is 4.90 Å². The van der Waals surface area contributed by atoms with Crippen LogP contribution in [0.4, 0.5) is 0 Å². The summed E-state index contributed by atoms with van der Waals surface area (Å²) in [5.74, 6) is 0.831. The molecule has 0 aliphatic heterocycles. The Kier molecular flexibility index (Phi) is 5.75. The molecule has 0 aliphatic rings. The molecule has 0 radical (unpaired) electrons. The van der Waals surface area contributed by atoms with Gasteiger partial charge in [0.15, 0.2) is 0 Å². The monoisotopic (exact) mass is 257 g/mol. The predicted molar refractivity (Wildman–Crippen MR) is 70.6 cm³/mol. The molecule has 0 unspecified atom stereocenters. The molecule has 3 nitrogen and oxygen atoms in total. The Balaban J connectivity index is 2.87. The third-order valence-electron chi connectivity index (χ3n) is 2.73. The molecular weight excluding hydrogens is 238 g/mol. The van der Waals surface area contributed by atoms with Gasteiger partial charge < -0.3 is 9.84 Å². The summed E-state index contributed by atoms with van der Waals surface area (Å²) in [7, 11) is 1.65. The number of hydrogen-bond donors (Lipinski definition) is 1. The van der Waals surface area contributed by atoms with E-state index in [0.29, 0.717) is 17.6 Å². The van der Waals surface area contributed by atoms with Gasteiger partial charge in [0.2, 0.25) is 0 Å². The van der Waals surface area contributed by atoms with Gasteiger partial charge in [0.25, 0.3) is 0 Å². The van der Waals surface area contributed by atoms with Gasteiger partial charge in [-0.2, -0.15) is 0 Å². The number of ether oxygens (including phenoxy) is 1. The fourth-order valence-corrected chi connectivity index (χ4v) is 1.93. The fraction of sp³-hybridized carbons (Fsp3) is 0.538. The minimum Gasteiger partial charge on any atom is -0.496 e. The molecule has 1 aromatic carbocycles. The third kappa shape index (κ3) is 4.19. The second-order valence-corrected chi connectivity index (χ2v) is 4.68. The standard InChI is InChI=1S/C13H20ClNO2/c1-10(2)15(6-7-16)9-11-8-12(14)4-5-13(11)17-3/h4-5,8,10,16H,6-7,9H2,1-3H3. The summed E-state index contributed by atoms with van der Waals surface area (Å²) in [5, 5.41) is 9.75. The lowest BCUT2D eigenvalue weighted by atomic mass is 10.1. The normalized spacial score (nSPS) is 11.2. The molecule has 1 rings (SSSR count). The van der Waals surface area contributed by atoms with Gasteiger partial charge >= 0.3 is 0 Å². The van der Waals surface area contributed by atoms with E-state index in [0.717, 1.165) is 17.9 Å². The molecule has 0 spiro atoms. The summed E-state index contributed by atoms with van der Waals surface area (Å²) in [4.78, 5) is 2.17. The van der Waals surface area contributed by atoms with Crippen LogP contribution in [0.15, 0.2) is 18.2 Å². The summed E-state index contributed by atoms with van der Waals surface area (Å²) in [6.07, 6.45) is 0.